The standard InChI is InChI=1S/C28H38O18S/c1-11(29)37-9-19-21(39-13(3)31)23(41-15(5)33)25(43-17(7)35)27(45-19)47-28-26(44-18(8)36)24(42-16(6)34)22(40-14(4)32)20(46-28)10-38-12(2)30/h19-28H,9-10H2,1-8H3. The highest BCUT2D eigenvalue weighted by atomic mass is 32.2. The Bertz CT molecular complexity index is 1110. The van der Waals surface area contributed by atoms with Crippen LogP contribution in [0, 0.1) is 0 Å². The van der Waals surface area contributed by atoms with Crippen molar-refractivity contribution in [3.8, 4) is 0 Å². The zero-order valence-electron chi connectivity index (χ0n) is 26.9. The van der Waals surface area contributed by atoms with E-state index in [0.29, 0.717) is 11.8 Å². The highest BCUT2D eigenvalue weighted by Crippen LogP contribution is 2.41. The summed E-state index contributed by atoms with van der Waals surface area (Å²) in [4.78, 5) is 96.4. The lowest BCUT2D eigenvalue weighted by Gasteiger charge is -2.47. The molecule has 0 radical (unpaired) electrons. The van der Waals surface area contributed by atoms with Crippen LogP contribution in [0.2, 0.25) is 0 Å². The zero-order chi connectivity index (χ0) is 35.6. The molecular formula is C28H38O18S. The number of carbonyl (C=O) groups is 8. The van der Waals surface area contributed by atoms with E-state index >= 15 is 0 Å². The fraction of sp³-hybridized carbons (Fsp3) is 0.714. The second kappa shape index (κ2) is 17.8. The smallest absolute Gasteiger partial charge is 0.303 e. The first-order valence-corrected chi connectivity index (χ1v) is 15.1. The van der Waals surface area contributed by atoms with Crippen molar-refractivity contribution in [1.29, 1.82) is 0 Å². The quantitative estimate of drug-likeness (QED) is 0.192. The van der Waals surface area contributed by atoms with Crippen molar-refractivity contribution in [2.45, 2.75) is 115 Å². The molecule has 19 heteroatoms. The molecule has 10 unspecified atom stereocenters. The van der Waals surface area contributed by atoms with Crippen molar-refractivity contribution in [1.82, 2.24) is 0 Å². The van der Waals surface area contributed by atoms with Crippen molar-refractivity contribution in [2.24, 2.45) is 0 Å². The van der Waals surface area contributed by atoms with Crippen LogP contribution in [0.4, 0.5) is 0 Å². The summed E-state index contributed by atoms with van der Waals surface area (Å²) >= 11 is 0.678. The van der Waals surface area contributed by atoms with E-state index in [4.69, 9.17) is 47.4 Å². The number of thioether (sulfide) groups is 1. The third-order valence-corrected chi connectivity index (χ3v) is 7.46. The molecule has 0 aromatic carbocycles. The summed E-state index contributed by atoms with van der Waals surface area (Å²) in [6.07, 6.45) is -11.7. The summed E-state index contributed by atoms with van der Waals surface area (Å²) in [5, 5.41) is 0. The first kappa shape index (κ1) is 39.2. The van der Waals surface area contributed by atoms with Gasteiger partial charge in [0.2, 0.25) is 0 Å². The van der Waals surface area contributed by atoms with E-state index in [-0.39, 0.29) is 0 Å². The van der Waals surface area contributed by atoms with Gasteiger partial charge in [-0.1, -0.05) is 11.8 Å². The van der Waals surface area contributed by atoms with Crippen molar-refractivity contribution < 1.29 is 85.7 Å². The van der Waals surface area contributed by atoms with Gasteiger partial charge in [0, 0.05) is 55.4 Å². The van der Waals surface area contributed by atoms with E-state index in [1.807, 2.05) is 0 Å². The highest BCUT2D eigenvalue weighted by molar-refractivity contribution is 8.00. The molecule has 2 rings (SSSR count). The largest absolute Gasteiger partial charge is 0.463 e. The van der Waals surface area contributed by atoms with Crippen molar-refractivity contribution >= 4 is 59.5 Å². The molecule has 2 fully saturated rings. The molecule has 0 bridgehead atoms. The van der Waals surface area contributed by atoms with Gasteiger partial charge < -0.3 is 47.4 Å². The van der Waals surface area contributed by atoms with Gasteiger partial charge >= 0.3 is 47.8 Å². The SMILES string of the molecule is CC(=O)OCC1OC(SC2OC(COC(C)=O)C(OC(C)=O)C(OC(C)=O)C2OC(C)=O)C(OC(C)=O)C(OC(C)=O)C1OC(C)=O. The molecule has 0 spiro atoms. The summed E-state index contributed by atoms with van der Waals surface area (Å²) in [6, 6.07) is 0. The monoisotopic (exact) mass is 694 g/mol. The van der Waals surface area contributed by atoms with Crippen LogP contribution in [0.3, 0.4) is 0 Å². The Kier molecular flexibility index (Phi) is 14.9. The van der Waals surface area contributed by atoms with Crippen LogP contribution in [0.1, 0.15) is 55.4 Å². The van der Waals surface area contributed by atoms with E-state index < -0.39 is 121 Å². The number of hydrogen-bond donors (Lipinski definition) is 0. The van der Waals surface area contributed by atoms with Gasteiger partial charge in [0.15, 0.2) is 36.6 Å². The number of carbonyl (C=O) groups excluding carboxylic acids is 8. The second-order valence-corrected chi connectivity index (χ2v) is 11.5. The van der Waals surface area contributed by atoms with Crippen LogP contribution < -0.4 is 0 Å². The molecule has 264 valence electrons. The van der Waals surface area contributed by atoms with Crippen LogP contribution in [-0.4, -0.2) is 121 Å². The molecule has 0 aromatic heterocycles. The summed E-state index contributed by atoms with van der Waals surface area (Å²) in [6.45, 7) is 7.50. The van der Waals surface area contributed by atoms with Crippen molar-refractivity contribution in [3.05, 3.63) is 0 Å². The predicted molar refractivity (Wildman–Crippen MR) is 152 cm³/mol. The average Bonchev–Trinajstić information content (AvgIpc) is 2.91. The minimum atomic E-state index is -1.54. The van der Waals surface area contributed by atoms with Crippen molar-refractivity contribution in [2.75, 3.05) is 13.2 Å². The van der Waals surface area contributed by atoms with Crippen LogP contribution in [0.5, 0.6) is 0 Å². The Labute approximate surface area is 273 Å². The molecule has 10 atom stereocenters. The number of ether oxygens (including phenoxy) is 10. The molecule has 2 aliphatic rings. The summed E-state index contributed by atoms with van der Waals surface area (Å²) < 4.78 is 55.0. The van der Waals surface area contributed by atoms with Gasteiger partial charge in [-0.15, -0.1) is 0 Å². The van der Waals surface area contributed by atoms with Gasteiger partial charge in [-0.3, -0.25) is 38.4 Å². The van der Waals surface area contributed by atoms with Crippen LogP contribution in [0.15, 0.2) is 0 Å². The predicted octanol–water partition coefficient (Wildman–Crippen LogP) is -0.114. The Morgan fingerprint density at radius 1 is 0.404 bits per heavy atom. The van der Waals surface area contributed by atoms with Gasteiger partial charge in [0.1, 0.15) is 36.3 Å². The molecule has 0 N–H and O–H groups in total. The normalized spacial score (nSPS) is 30.0. The molecule has 2 saturated heterocycles. The number of esters is 8. The van der Waals surface area contributed by atoms with E-state index in [9.17, 15) is 38.4 Å². The lowest BCUT2D eigenvalue weighted by Crippen LogP contribution is -2.64. The fourth-order valence-electron chi connectivity index (χ4n) is 4.73. The maximum absolute atomic E-state index is 12.3. The Balaban J connectivity index is 2.69. The maximum atomic E-state index is 12.3. The molecule has 0 amide bonds. The van der Waals surface area contributed by atoms with E-state index in [2.05, 4.69) is 0 Å². The maximum Gasteiger partial charge on any atom is 0.303 e. The molecule has 18 nitrogen and oxygen atoms in total. The van der Waals surface area contributed by atoms with E-state index in [1.165, 1.54) is 0 Å². The number of hydrogen-bond acceptors (Lipinski definition) is 19. The van der Waals surface area contributed by atoms with Gasteiger partial charge in [0.25, 0.3) is 0 Å². The van der Waals surface area contributed by atoms with Gasteiger partial charge in [0.05, 0.1) is 0 Å². The van der Waals surface area contributed by atoms with Crippen LogP contribution >= 0.6 is 11.8 Å². The molecule has 47 heavy (non-hydrogen) atoms. The molecular weight excluding hydrogens is 656 g/mol. The van der Waals surface area contributed by atoms with Crippen LogP contribution in [-0.2, 0) is 85.7 Å². The van der Waals surface area contributed by atoms with E-state index in [1.54, 1.807) is 0 Å². The third kappa shape index (κ3) is 12.3. The first-order chi connectivity index (χ1) is 21.9. The second-order valence-electron chi connectivity index (χ2n) is 10.3. The lowest BCUT2D eigenvalue weighted by molar-refractivity contribution is -0.243. The van der Waals surface area contributed by atoms with Gasteiger partial charge in [-0.05, 0) is 0 Å². The summed E-state index contributed by atoms with van der Waals surface area (Å²) in [5.41, 5.74) is -2.84. The van der Waals surface area contributed by atoms with E-state index in [0.717, 1.165) is 55.4 Å². The summed E-state index contributed by atoms with van der Waals surface area (Å²) in [5.74, 6) is -6.62. The minimum absolute atomic E-state index is 0.520. The van der Waals surface area contributed by atoms with Crippen molar-refractivity contribution in [3.63, 3.8) is 0 Å². The van der Waals surface area contributed by atoms with Crippen LogP contribution in [0.25, 0.3) is 0 Å². The summed E-state index contributed by atoms with van der Waals surface area (Å²) in [7, 11) is 0. The third-order valence-electron chi connectivity index (χ3n) is 6.16. The first-order valence-electron chi connectivity index (χ1n) is 14.2. The average molecular weight is 695 g/mol. The Morgan fingerprint density at radius 2 is 0.660 bits per heavy atom. The highest BCUT2D eigenvalue weighted by Gasteiger charge is 2.57. The fourth-order valence-corrected chi connectivity index (χ4v) is 6.14. The zero-order valence-corrected chi connectivity index (χ0v) is 27.8. The van der Waals surface area contributed by atoms with Gasteiger partial charge in [-0.2, -0.15) is 0 Å². The molecule has 0 aromatic rings. The molecule has 2 heterocycles. The topological polar surface area (TPSA) is 229 Å². The molecule has 0 aliphatic carbocycles. The Hall–Kier alpha value is -3.97. The lowest BCUT2D eigenvalue weighted by atomic mass is 9.99. The van der Waals surface area contributed by atoms with Gasteiger partial charge in [-0.25, -0.2) is 0 Å². The minimum Gasteiger partial charge on any atom is -0.463 e. The molecule has 2 aliphatic heterocycles. The molecule has 0 saturated carbocycles. The number of rotatable bonds is 12. The Morgan fingerprint density at radius 3 is 0.915 bits per heavy atom.